The van der Waals surface area contributed by atoms with Crippen LogP contribution in [0.25, 0.3) is 21.8 Å². The molecule has 9 nitrogen and oxygen atoms in total. The van der Waals surface area contributed by atoms with E-state index in [1.165, 1.54) is 18.2 Å². The number of hydrogen-bond donors (Lipinski definition) is 2. The normalized spacial score (nSPS) is 14.7. The SMILES string of the molecule is C/C=C(/C(=O)Nc1sc(-c2ccc(C(=O)N3CCC(N(C)C)CC3)cc2)nc1-c1cc(Cl)ccc1OC(F)F)C(=NC)NC. The summed E-state index contributed by atoms with van der Waals surface area (Å²) in [5.41, 5.74) is 1.90. The molecule has 234 valence electrons. The molecular formula is C31H35ClF2N6O3S. The van der Waals surface area contributed by atoms with Crippen molar-refractivity contribution in [3.05, 3.63) is 64.7 Å². The van der Waals surface area contributed by atoms with Gasteiger partial charge in [-0.3, -0.25) is 14.6 Å². The molecule has 1 fully saturated rings. The van der Waals surface area contributed by atoms with Crippen LogP contribution in [0.3, 0.4) is 0 Å². The summed E-state index contributed by atoms with van der Waals surface area (Å²) < 4.78 is 31.4. The van der Waals surface area contributed by atoms with Gasteiger partial charge in [0.2, 0.25) is 0 Å². The summed E-state index contributed by atoms with van der Waals surface area (Å²) in [4.78, 5) is 39.4. The molecule has 2 heterocycles. The van der Waals surface area contributed by atoms with Gasteiger partial charge in [-0.05, 0) is 64.2 Å². The molecule has 1 saturated heterocycles. The van der Waals surface area contributed by atoms with Gasteiger partial charge in [0, 0.05) is 54.9 Å². The Balaban J connectivity index is 1.69. The number of ether oxygens (including phenoxy) is 1. The first-order valence-corrected chi connectivity index (χ1v) is 15.2. The monoisotopic (exact) mass is 644 g/mol. The maximum atomic E-state index is 13.3. The lowest BCUT2D eigenvalue weighted by atomic mass is 10.0. The van der Waals surface area contributed by atoms with Crippen LogP contribution >= 0.6 is 22.9 Å². The first kappa shape index (κ1) is 33.0. The number of nitrogens with one attached hydrogen (secondary N) is 2. The number of hydrogen-bond acceptors (Lipinski definition) is 7. The summed E-state index contributed by atoms with van der Waals surface area (Å²) in [5.74, 6) is -0.290. The van der Waals surface area contributed by atoms with Crippen molar-refractivity contribution >= 4 is 45.6 Å². The van der Waals surface area contributed by atoms with Gasteiger partial charge in [-0.25, -0.2) is 4.98 Å². The van der Waals surface area contributed by atoms with Gasteiger partial charge in [-0.15, -0.1) is 0 Å². The minimum absolute atomic E-state index is 0.0361. The van der Waals surface area contributed by atoms with Gasteiger partial charge >= 0.3 is 6.61 Å². The van der Waals surface area contributed by atoms with Gasteiger partial charge in [-0.1, -0.05) is 41.1 Å². The van der Waals surface area contributed by atoms with E-state index in [-0.39, 0.29) is 33.5 Å². The molecule has 3 aromatic rings. The van der Waals surface area contributed by atoms with Gasteiger partial charge in [0.1, 0.15) is 27.3 Å². The molecule has 0 radical (unpaired) electrons. The molecule has 44 heavy (non-hydrogen) atoms. The molecule has 2 N–H and O–H groups in total. The Kier molecular flexibility index (Phi) is 11.1. The predicted molar refractivity (Wildman–Crippen MR) is 172 cm³/mol. The van der Waals surface area contributed by atoms with E-state index in [0.717, 1.165) is 24.2 Å². The number of aromatic nitrogens is 1. The van der Waals surface area contributed by atoms with Crippen LogP contribution in [0.2, 0.25) is 5.02 Å². The van der Waals surface area contributed by atoms with E-state index in [1.54, 1.807) is 51.4 Å². The van der Waals surface area contributed by atoms with Crippen molar-refractivity contribution in [2.45, 2.75) is 32.4 Å². The van der Waals surface area contributed by atoms with E-state index in [4.69, 9.17) is 21.3 Å². The molecular weight excluding hydrogens is 610 g/mol. The fourth-order valence-electron chi connectivity index (χ4n) is 5.03. The number of aliphatic imine (C=N–C) groups is 1. The molecule has 2 amide bonds. The number of nitrogens with zero attached hydrogens (tertiary/aromatic N) is 4. The van der Waals surface area contributed by atoms with Crippen LogP contribution in [0.4, 0.5) is 13.8 Å². The molecule has 1 aliphatic rings. The zero-order chi connectivity index (χ0) is 32.0. The van der Waals surface area contributed by atoms with Gasteiger partial charge in [-0.2, -0.15) is 8.78 Å². The van der Waals surface area contributed by atoms with Crippen molar-refractivity contribution in [3.8, 4) is 27.6 Å². The average Bonchev–Trinajstić information content (AvgIpc) is 3.43. The fourth-order valence-corrected chi connectivity index (χ4v) is 6.19. The zero-order valence-electron chi connectivity index (χ0n) is 25.2. The van der Waals surface area contributed by atoms with Crippen molar-refractivity contribution in [1.82, 2.24) is 20.1 Å². The summed E-state index contributed by atoms with van der Waals surface area (Å²) in [6.07, 6.45) is 3.45. The standard InChI is InChI=1S/C31H35ClF2N6O3S/c1-6-22(26(35-2)36-3)27(41)38-29-25(23-17-20(32)11-12-24(23)43-31(33)34)37-28(44-29)18-7-9-19(10-8-18)30(42)40-15-13-21(14-16-40)39(4)5/h6-12,17,21,31H,13-16H2,1-5H3,(H,35,36)(H,38,41)/b22-6+. The van der Waals surface area contributed by atoms with Crippen molar-refractivity contribution in [3.63, 3.8) is 0 Å². The quantitative estimate of drug-likeness (QED) is 0.168. The number of rotatable bonds is 9. The number of piperidine rings is 1. The van der Waals surface area contributed by atoms with E-state index >= 15 is 0 Å². The molecule has 0 spiro atoms. The lowest BCUT2D eigenvalue weighted by Gasteiger charge is -2.35. The van der Waals surface area contributed by atoms with E-state index < -0.39 is 12.5 Å². The minimum Gasteiger partial charge on any atom is -0.434 e. The third-order valence-electron chi connectivity index (χ3n) is 7.38. The minimum atomic E-state index is -3.08. The Labute approximate surface area is 264 Å². The molecule has 1 aliphatic heterocycles. The Morgan fingerprint density at radius 1 is 1.18 bits per heavy atom. The fraction of sp³-hybridized carbons (Fsp3) is 0.355. The highest BCUT2D eigenvalue weighted by atomic mass is 35.5. The number of amides is 2. The lowest BCUT2D eigenvalue weighted by molar-refractivity contribution is -0.112. The number of carbonyl (C=O) groups is 2. The van der Waals surface area contributed by atoms with Crippen molar-refractivity contribution < 1.29 is 23.1 Å². The first-order chi connectivity index (χ1) is 21.1. The summed E-state index contributed by atoms with van der Waals surface area (Å²) in [5, 5.41) is 6.80. The Morgan fingerprint density at radius 3 is 2.43 bits per heavy atom. The number of likely N-dealkylation sites (N-methyl/N-ethyl adjacent to an activating group) is 1. The Bertz CT molecular complexity index is 1550. The van der Waals surface area contributed by atoms with Crippen LogP contribution in [0.15, 0.2) is 59.1 Å². The molecule has 13 heteroatoms. The van der Waals surface area contributed by atoms with Crippen molar-refractivity contribution in [2.24, 2.45) is 4.99 Å². The van der Waals surface area contributed by atoms with Gasteiger partial charge in [0.25, 0.3) is 11.8 Å². The van der Waals surface area contributed by atoms with Gasteiger partial charge < -0.3 is 25.2 Å². The molecule has 0 aliphatic carbocycles. The Morgan fingerprint density at radius 2 is 1.86 bits per heavy atom. The van der Waals surface area contributed by atoms with Crippen LogP contribution < -0.4 is 15.4 Å². The second-order valence-electron chi connectivity index (χ2n) is 10.3. The summed E-state index contributed by atoms with van der Waals surface area (Å²) in [6, 6.07) is 11.7. The van der Waals surface area contributed by atoms with Crippen LogP contribution in [0.1, 0.15) is 30.1 Å². The highest BCUT2D eigenvalue weighted by Crippen LogP contribution is 2.43. The summed E-state index contributed by atoms with van der Waals surface area (Å²) >= 11 is 7.40. The lowest BCUT2D eigenvalue weighted by Crippen LogP contribution is -2.44. The zero-order valence-corrected chi connectivity index (χ0v) is 26.7. The second kappa shape index (κ2) is 14.7. The molecule has 1 aromatic heterocycles. The van der Waals surface area contributed by atoms with Crippen LogP contribution in [0, 0.1) is 0 Å². The smallest absolute Gasteiger partial charge is 0.387 e. The highest BCUT2D eigenvalue weighted by molar-refractivity contribution is 7.19. The third-order valence-corrected chi connectivity index (χ3v) is 8.63. The number of carbonyl (C=O) groups excluding carboxylic acids is 2. The summed E-state index contributed by atoms with van der Waals surface area (Å²) in [7, 11) is 7.31. The largest absolute Gasteiger partial charge is 0.434 e. The summed E-state index contributed by atoms with van der Waals surface area (Å²) in [6.45, 7) is 0.00218. The van der Waals surface area contributed by atoms with Crippen LogP contribution in [-0.4, -0.2) is 86.4 Å². The molecule has 0 saturated carbocycles. The topological polar surface area (TPSA) is 99.2 Å². The number of halogens is 3. The Hall–Kier alpha value is -3.87. The average molecular weight is 645 g/mol. The number of thiazole rings is 1. The predicted octanol–water partition coefficient (Wildman–Crippen LogP) is 6.03. The third kappa shape index (κ3) is 7.61. The molecule has 0 bridgehead atoms. The number of likely N-dealkylation sites (tertiary alicyclic amines) is 1. The first-order valence-electron chi connectivity index (χ1n) is 14.0. The number of anilines is 1. The van der Waals surface area contributed by atoms with Crippen LogP contribution in [-0.2, 0) is 4.79 Å². The number of alkyl halides is 2. The number of benzene rings is 2. The van der Waals surface area contributed by atoms with Gasteiger partial charge in [0.15, 0.2) is 0 Å². The highest BCUT2D eigenvalue weighted by Gasteiger charge is 2.26. The molecule has 4 rings (SSSR count). The van der Waals surface area contributed by atoms with E-state index in [9.17, 15) is 18.4 Å². The van der Waals surface area contributed by atoms with E-state index in [0.29, 0.717) is 46.1 Å². The number of amidine groups is 1. The molecule has 0 unspecified atom stereocenters. The second-order valence-corrected chi connectivity index (χ2v) is 11.7. The molecule has 2 aromatic carbocycles. The van der Waals surface area contributed by atoms with Crippen molar-refractivity contribution in [2.75, 3.05) is 46.6 Å². The van der Waals surface area contributed by atoms with E-state index in [2.05, 4.69) is 34.6 Å². The maximum absolute atomic E-state index is 13.3. The molecule has 0 atom stereocenters. The van der Waals surface area contributed by atoms with Crippen LogP contribution in [0.5, 0.6) is 5.75 Å². The number of allylic oxidation sites excluding steroid dienone is 1. The van der Waals surface area contributed by atoms with E-state index in [1.807, 2.05) is 4.90 Å². The van der Waals surface area contributed by atoms with Gasteiger partial charge in [0.05, 0.1) is 5.57 Å². The van der Waals surface area contributed by atoms with Crippen molar-refractivity contribution in [1.29, 1.82) is 0 Å². The maximum Gasteiger partial charge on any atom is 0.387 e.